The molecule has 1 radical (unpaired) electrons. The molecule has 6 aliphatic rings. The molecule has 3 aliphatic carbocycles. The average Bonchev–Trinajstić information content (AvgIpc) is 0.761. The molecule has 0 bridgehead atoms. The van der Waals surface area contributed by atoms with Crippen LogP contribution in [0.3, 0.4) is 0 Å². The van der Waals surface area contributed by atoms with Gasteiger partial charge in [-0.1, -0.05) is 91.0 Å². The van der Waals surface area contributed by atoms with Crippen molar-refractivity contribution in [2.24, 2.45) is 28.5 Å². The van der Waals surface area contributed by atoms with Crippen LogP contribution in [0, 0.1) is 17.8 Å². The molecule has 6 atom stereocenters. The van der Waals surface area contributed by atoms with E-state index in [1.165, 1.54) is 59.6 Å². The number of carbonyl (C=O) groups is 11. The Morgan fingerprint density at radius 1 is 0.492 bits per heavy atom. The Morgan fingerprint density at radius 2 is 0.828 bits per heavy atom. The SMILES string of the molecule is NCCN(CC(=O)O)CC(=O)O.O=C1C=CC2C(=C1)Oc1ccccc1C2c1ccc(N=C=S)cc1C(=O)O.O=C1C=CC2C(=C1)Oc1ccccc1C2c1ccc(NC(=S)NCCN(CC(=O)[O-])CC(=O)[O-])cc1C(=O)O.O=C1C=CC2C(=C1)Oc1ccccc1C2c1ccc(NC(=S)NCCN(CCOO)CC(=O)O)cc1C(=O)O.[Cl][Fe]([Cl])[Cl].[Fe+3]. The van der Waals surface area contributed by atoms with E-state index in [-0.39, 0.29) is 150 Å². The molecule has 3 heterocycles. The molecule has 6 unspecified atom stereocenters. The summed E-state index contributed by atoms with van der Waals surface area (Å²) < 4.78 is 17.9. The molecule has 0 spiro atoms. The van der Waals surface area contributed by atoms with E-state index in [1.807, 2.05) is 54.6 Å². The molecule has 13 N–H and O–H groups in total. The number of anilines is 2. The Balaban J connectivity index is 0.000000233. The molecule has 41 heteroatoms. The molecule has 0 aromatic heterocycles. The minimum absolute atomic E-state index is 0. The van der Waals surface area contributed by atoms with Crippen LogP contribution < -0.4 is 51.4 Å². The number of allylic oxidation sites excluding steroid dienone is 9. The molecule has 0 saturated carbocycles. The van der Waals surface area contributed by atoms with Crippen LogP contribution in [0.1, 0.15) is 82.2 Å². The van der Waals surface area contributed by atoms with Crippen LogP contribution >= 0.6 is 66.9 Å². The van der Waals surface area contributed by atoms with Crippen molar-refractivity contribution in [2.45, 2.75) is 17.8 Å². The number of para-hydroxylation sites is 3. The number of thiocarbonyl (C=S) groups is 3. The van der Waals surface area contributed by atoms with Gasteiger partial charge in [-0.3, -0.25) is 48.7 Å². The maximum absolute atomic E-state index is 12.4. The fraction of sp³-hybridized carbons (Fsp3) is 0.235. The first-order valence-electron chi connectivity index (χ1n) is 36.0. The first-order valence-corrected chi connectivity index (χ1v) is 41.8. The van der Waals surface area contributed by atoms with Crippen molar-refractivity contribution in [2.75, 3.05) is 95.8 Å². The average molecular weight is 1870 g/mol. The third-order valence-electron chi connectivity index (χ3n) is 18.4. The van der Waals surface area contributed by atoms with Crippen LogP contribution in [-0.2, 0) is 71.5 Å². The third-order valence-corrected chi connectivity index (χ3v) is 19.0. The summed E-state index contributed by atoms with van der Waals surface area (Å²) in [5, 5.41) is 100. The molecular formula is C81H75Cl3Fe2N9O24S3+. The topological polar surface area (TPSA) is 509 Å². The minimum atomic E-state index is -1.43. The van der Waals surface area contributed by atoms with Gasteiger partial charge in [0.15, 0.2) is 27.6 Å². The number of halogens is 3. The van der Waals surface area contributed by atoms with E-state index >= 15 is 0 Å². The van der Waals surface area contributed by atoms with Crippen molar-refractivity contribution in [1.82, 2.24) is 25.3 Å². The standard InChI is InChI=1S/C27H25N3O8S.C27H27N3O8S.C21H13NO4S.C6H12N2O4.3ClH.2Fe/c31-16-6-8-19-22(12-16)38-21-4-2-1-3-18(21)25(19)17-7-5-15(11-20(17)26(36)37)29-27(39)28-9-10-30(13-23(32)33)14-24(34)35;31-17-6-8-20-23(14-17)38-22-4-2-1-3-19(22)25(20)18-7-5-16(13-21(18)26(34)35)29-27(39)28-9-10-30(11-12-37-36)15-24(32)33;23-13-6-8-16-19(10-13)26-18-4-2-1-3-15(18)20(16)14-7-5-12(22-11-27)9-17(14)21(24)25;7-1-2-8(3-5(9)10)4-6(11)12;;;;;/h1-8,11-12,19,25H,9-10,13-14H2,(H,32,33)(H,34,35)(H,36,37)(H2,28,29,39);1-8,13-14,20,25,36H,9-12,15H2,(H,32,33)(H,34,35)(H2,28,29,39);1-10,16,20H,(H,24,25);1-4,7H2,(H,9,10)(H,11,12);3*1H;;/q;;;;;;;2*+3/p-5. The van der Waals surface area contributed by atoms with Crippen LogP contribution in [0.5, 0.6) is 17.2 Å². The zero-order valence-corrected chi connectivity index (χ0v) is 70.4. The van der Waals surface area contributed by atoms with Crippen LogP contribution in [0.2, 0.25) is 0 Å². The van der Waals surface area contributed by atoms with E-state index in [2.05, 4.69) is 48.5 Å². The number of aliphatic carboxylic acids is 5. The number of ether oxygens (including phenoxy) is 3. The molecule has 0 amide bonds. The van der Waals surface area contributed by atoms with Crippen molar-refractivity contribution in [3.05, 3.63) is 249 Å². The molecule has 0 fully saturated rings. The number of ketones is 3. The van der Waals surface area contributed by atoms with Gasteiger partial charge in [0, 0.05) is 141 Å². The number of rotatable bonds is 30. The zero-order chi connectivity index (χ0) is 88.1. The Labute approximate surface area is 739 Å². The molecule has 0 saturated heterocycles. The number of fused-ring (bicyclic) bond motifs is 6. The summed E-state index contributed by atoms with van der Waals surface area (Å²) in [4.78, 5) is 137. The van der Waals surface area contributed by atoms with Crippen LogP contribution in [0.15, 0.2) is 204 Å². The molecule has 33 nitrogen and oxygen atoms in total. The van der Waals surface area contributed by atoms with E-state index in [4.69, 9.17) is 95.3 Å². The second-order valence-corrected chi connectivity index (χ2v) is 33.0. The number of benzene rings is 6. The summed E-state index contributed by atoms with van der Waals surface area (Å²) in [6, 6.07) is 36.8. The monoisotopic (exact) mass is 1870 g/mol. The number of aromatic carboxylic acids is 3. The van der Waals surface area contributed by atoms with Crippen molar-refractivity contribution in [3.63, 3.8) is 0 Å². The van der Waals surface area contributed by atoms with Crippen LogP contribution in [0.25, 0.3) is 0 Å². The van der Waals surface area contributed by atoms with Gasteiger partial charge in [-0.2, -0.15) is 4.99 Å². The van der Waals surface area contributed by atoms with Crippen molar-refractivity contribution in [1.29, 1.82) is 0 Å². The molecule has 122 heavy (non-hydrogen) atoms. The van der Waals surface area contributed by atoms with Gasteiger partial charge in [0.2, 0.25) is 0 Å². The summed E-state index contributed by atoms with van der Waals surface area (Å²) in [5.74, 6) is -8.79. The Kier molecular flexibility index (Phi) is 38.4. The number of hydrogen-bond donors (Lipinski definition) is 12. The number of nitrogens with two attached hydrogens (primary N) is 1. The normalized spacial score (nSPS) is 16.9. The number of carbonyl (C=O) groups excluding carboxylic acids is 5. The Hall–Kier alpha value is -11.2. The summed E-state index contributed by atoms with van der Waals surface area (Å²) >= 11 is 13.9. The van der Waals surface area contributed by atoms with E-state index in [0.29, 0.717) is 81.4 Å². The fourth-order valence-corrected chi connectivity index (χ4v) is 14.2. The minimum Gasteiger partial charge on any atom is 3.00 e. The Bertz CT molecular complexity index is 5190. The number of nitrogens with one attached hydrogen (secondary N) is 4. The summed E-state index contributed by atoms with van der Waals surface area (Å²) in [6.07, 6.45) is 13.9. The molecular weight excluding hydrogens is 1800 g/mol. The summed E-state index contributed by atoms with van der Waals surface area (Å²) in [6.45, 7) is -0.533. The van der Waals surface area contributed by atoms with Crippen molar-refractivity contribution >= 4 is 165 Å². The van der Waals surface area contributed by atoms with Gasteiger partial charge in [-0.05, 0) is 126 Å². The van der Waals surface area contributed by atoms with Gasteiger partial charge < -0.3 is 91.7 Å². The van der Waals surface area contributed by atoms with E-state index in [1.54, 1.807) is 77.7 Å². The summed E-state index contributed by atoms with van der Waals surface area (Å²) in [5.41, 5.74) is 10.8. The Morgan fingerprint density at radius 3 is 1.16 bits per heavy atom. The van der Waals surface area contributed by atoms with Gasteiger partial charge in [-0.15, -0.1) is 0 Å². The molecule has 6 aromatic carbocycles. The molecule has 6 aromatic rings. The molecule has 642 valence electrons. The first-order chi connectivity index (χ1) is 57.7. The van der Waals surface area contributed by atoms with E-state index in [9.17, 15) is 78.3 Å². The first kappa shape index (κ1) is 97.9. The van der Waals surface area contributed by atoms with Crippen molar-refractivity contribution in [3.8, 4) is 17.2 Å². The predicted octanol–water partition coefficient (Wildman–Crippen LogP) is 7.11. The fourth-order valence-electron chi connectivity index (χ4n) is 13.7. The molecule has 3 aliphatic heterocycles. The molecule has 12 rings (SSSR count). The maximum Gasteiger partial charge on any atom is 3.00 e. The second kappa shape index (κ2) is 47.8. The number of isothiocyanates is 1. The van der Waals surface area contributed by atoms with Gasteiger partial charge in [0.25, 0.3) is 0 Å². The number of nitrogens with zero attached hydrogens (tertiary/aromatic N) is 4. The van der Waals surface area contributed by atoms with E-state index < -0.39 is 77.9 Å². The predicted molar refractivity (Wildman–Crippen MR) is 445 cm³/mol. The third kappa shape index (κ3) is 28.7. The van der Waals surface area contributed by atoms with E-state index in [0.717, 1.165) is 21.6 Å². The number of aliphatic imine (C=N–C) groups is 1. The number of carboxylic acid groups (broad SMARTS) is 8. The summed E-state index contributed by atoms with van der Waals surface area (Å²) in [7, 11) is 14.7. The largest absolute Gasteiger partial charge is 3.00 e. The van der Waals surface area contributed by atoms with Gasteiger partial charge in [0.05, 0.1) is 65.7 Å². The van der Waals surface area contributed by atoms with Gasteiger partial charge in [-0.25, -0.2) is 19.3 Å². The second-order valence-electron chi connectivity index (χ2n) is 26.5. The smallest absolute Gasteiger partial charge is 3.00 e. The van der Waals surface area contributed by atoms with Crippen LogP contribution in [0.4, 0.5) is 17.1 Å². The maximum atomic E-state index is 12.4. The van der Waals surface area contributed by atoms with Gasteiger partial charge in [0.1, 0.15) is 34.5 Å². The quantitative estimate of drug-likeness (QED) is 0.00702. The van der Waals surface area contributed by atoms with Gasteiger partial charge >= 0.3 is 94.3 Å². The zero-order valence-electron chi connectivity index (χ0n) is 63.5. The van der Waals surface area contributed by atoms with Crippen molar-refractivity contribution < 1.29 is 146 Å². The van der Waals surface area contributed by atoms with Crippen LogP contribution in [-0.4, -0.2) is 216 Å². The number of hydrogen-bond acceptors (Lipinski definition) is 26. The number of carboxylic acids is 8.